The molecule has 0 fully saturated rings. The maximum absolute atomic E-state index is 10.3. The molecule has 0 aromatic carbocycles. The van der Waals surface area contributed by atoms with Gasteiger partial charge in [-0.3, -0.25) is 0 Å². The molecule has 0 saturated heterocycles. The summed E-state index contributed by atoms with van der Waals surface area (Å²) in [7, 11) is 0. The number of carbonyl (C=O) groups is 5. The Morgan fingerprint density at radius 3 is 0.500 bits per heavy atom. The number of carboxylic acid groups (broad SMARTS) is 5. The van der Waals surface area contributed by atoms with E-state index in [4.69, 9.17) is 0 Å². The SMILES string of the molecule is CCCCC(CC)C(=O)[O-].CCCCC(CC)C(=O)[O-].CCCCC(CC)C(=O)[O-].CCCCC(CC)C(=O)[O-].CCCCC(CC)C(=O)[O-].[Co].[V]. The maximum atomic E-state index is 10.3. The number of carboxylic acids is 5. The van der Waals surface area contributed by atoms with Gasteiger partial charge in [0.05, 0.1) is 0 Å². The van der Waals surface area contributed by atoms with Crippen molar-refractivity contribution in [1.29, 1.82) is 0 Å². The van der Waals surface area contributed by atoms with E-state index in [1.54, 1.807) is 0 Å². The van der Waals surface area contributed by atoms with Gasteiger partial charge >= 0.3 is 0 Å². The van der Waals surface area contributed by atoms with E-state index in [1.165, 1.54) is 0 Å². The van der Waals surface area contributed by atoms with Crippen LogP contribution >= 0.6 is 0 Å². The van der Waals surface area contributed by atoms with Crippen LogP contribution in [-0.2, 0) is 59.3 Å². The Hall–Kier alpha value is -1.56. The first-order valence-corrected chi connectivity index (χ1v) is 19.6. The quantitative estimate of drug-likeness (QED) is 0.124. The monoisotopic (exact) mass is 825 g/mol. The van der Waals surface area contributed by atoms with Crippen LogP contribution in [0.5, 0.6) is 0 Å². The second-order valence-electron chi connectivity index (χ2n) is 12.8. The largest absolute Gasteiger partial charge is 0.550 e. The van der Waals surface area contributed by atoms with E-state index < -0.39 is 29.8 Å². The summed E-state index contributed by atoms with van der Waals surface area (Å²) in [6, 6.07) is 0. The van der Waals surface area contributed by atoms with Crippen LogP contribution < -0.4 is 25.5 Å². The third kappa shape index (κ3) is 46.5. The number of hydrogen-bond donors (Lipinski definition) is 0. The van der Waals surface area contributed by atoms with Gasteiger partial charge in [0.1, 0.15) is 0 Å². The summed E-state index contributed by atoms with van der Waals surface area (Å²) in [6.07, 6.45) is 17.6. The van der Waals surface area contributed by atoms with Crippen LogP contribution in [0.1, 0.15) is 198 Å². The van der Waals surface area contributed by atoms with Crippen molar-refractivity contribution >= 4 is 29.8 Å². The van der Waals surface area contributed by atoms with Gasteiger partial charge < -0.3 is 49.5 Å². The number of aliphatic carboxylic acids is 5. The predicted octanol–water partition coefficient (Wildman–Crippen LogP) is 4.76. The van der Waals surface area contributed by atoms with Gasteiger partial charge in [-0.05, 0) is 93.8 Å². The molecule has 0 amide bonds. The summed E-state index contributed by atoms with van der Waals surface area (Å²) in [5, 5.41) is 51.6. The molecule has 52 heavy (non-hydrogen) atoms. The second kappa shape index (κ2) is 49.4. The van der Waals surface area contributed by atoms with Crippen molar-refractivity contribution in [3.05, 3.63) is 0 Å². The van der Waals surface area contributed by atoms with Crippen LogP contribution in [0.4, 0.5) is 0 Å². The molecule has 314 valence electrons. The smallest absolute Gasteiger partial charge is 0.0445 e. The van der Waals surface area contributed by atoms with Crippen molar-refractivity contribution in [2.45, 2.75) is 198 Å². The van der Waals surface area contributed by atoms with Crippen LogP contribution in [0.2, 0.25) is 0 Å². The molecule has 0 bridgehead atoms. The van der Waals surface area contributed by atoms with Gasteiger partial charge in [0.25, 0.3) is 0 Å². The van der Waals surface area contributed by atoms with E-state index >= 15 is 0 Å². The fourth-order valence-electron chi connectivity index (χ4n) is 4.70. The first-order chi connectivity index (χ1) is 23.6. The first kappa shape index (κ1) is 65.3. The van der Waals surface area contributed by atoms with E-state index in [2.05, 4.69) is 34.6 Å². The van der Waals surface area contributed by atoms with Crippen molar-refractivity contribution in [2.24, 2.45) is 29.6 Å². The van der Waals surface area contributed by atoms with Crippen molar-refractivity contribution in [3.8, 4) is 0 Å². The molecule has 0 rings (SSSR count). The first-order valence-electron chi connectivity index (χ1n) is 19.6. The van der Waals surface area contributed by atoms with Crippen LogP contribution in [0, 0.1) is 29.6 Å². The van der Waals surface area contributed by atoms with Gasteiger partial charge in [0.2, 0.25) is 0 Å². The Bertz CT molecular complexity index is 662. The molecule has 0 aromatic rings. The van der Waals surface area contributed by atoms with Gasteiger partial charge in [-0.2, -0.15) is 0 Å². The molecular formula is C40H75CoO10V-5. The summed E-state index contributed by atoms with van der Waals surface area (Å²) < 4.78 is 0. The molecule has 0 spiro atoms. The molecule has 0 saturated carbocycles. The molecule has 2 radical (unpaired) electrons. The average molecular weight is 826 g/mol. The summed E-state index contributed by atoms with van der Waals surface area (Å²) in [6.45, 7) is 19.7. The summed E-state index contributed by atoms with van der Waals surface area (Å²) in [4.78, 5) is 51.6. The molecule has 0 N–H and O–H groups in total. The minimum atomic E-state index is -0.893. The Morgan fingerprint density at radius 2 is 0.442 bits per heavy atom. The van der Waals surface area contributed by atoms with Crippen LogP contribution in [-0.4, -0.2) is 29.8 Å². The fourth-order valence-corrected chi connectivity index (χ4v) is 4.70. The molecule has 0 aromatic heterocycles. The van der Waals surface area contributed by atoms with E-state index in [-0.39, 0.29) is 64.9 Å². The molecule has 0 aliphatic carbocycles. The standard InChI is InChI=1S/5C8H16O2.Co.V/c5*1-3-5-6-7(4-2)8(9)10;;/h5*7H,3-6H2,1-2H3,(H,9,10);;/p-5. The van der Waals surface area contributed by atoms with Gasteiger partial charge in [-0.25, -0.2) is 0 Å². The van der Waals surface area contributed by atoms with Gasteiger partial charge in [-0.15, -0.1) is 0 Å². The topological polar surface area (TPSA) is 201 Å². The molecular weight excluding hydrogens is 750 g/mol. The van der Waals surface area contributed by atoms with Crippen molar-refractivity contribution in [3.63, 3.8) is 0 Å². The average Bonchev–Trinajstić information content (AvgIpc) is 3.07. The minimum Gasteiger partial charge on any atom is -0.550 e. The van der Waals surface area contributed by atoms with Crippen molar-refractivity contribution in [1.82, 2.24) is 0 Å². The Kier molecular flexibility index (Phi) is 62.1. The van der Waals surface area contributed by atoms with E-state index in [9.17, 15) is 49.5 Å². The molecule has 0 aliphatic rings. The zero-order valence-corrected chi connectivity index (χ0v) is 36.8. The third-order valence-corrected chi connectivity index (χ3v) is 8.66. The third-order valence-electron chi connectivity index (χ3n) is 8.66. The van der Waals surface area contributed by atoms with Crippen LogP contribution in [0.25, 0.3) is 0 Å². The molecule has 5 atom stereocenters. The van der Waals surface area contributed by atoms with Crippen molar-refractivity contribution in [2.75, 3.05) is 0 Å². The molecule has 10 nitrogen and oxygen atoms in total. The molecule has 12 heteroatoms. The Balaban J connectivity index is -0.0000000964. The number of carbonyl (C=O) groups excluding carboxylic acids is 5. The number of rotatable bonds is 25. The Morgan fingerprint density at radius 1 is 0.327 bits per heavy atom. The summed E-state index contributed by atoms with van der Waals surface area (Å²) in [5.74, 6) is -5.57. The van der Waals surface area contributed by atoms with E-state index in [1.807, 2.05) is 34.6 Å². The maximum Gasteiger partial charge on any atom is 0.0445 e. The fraction of sp³-hybridized carbons (Fsp3) is 0.875. The number of hydrogen-bond acceptors (Lipinski definition) is 10. The van der Waals surface area contributed by atoms with Crippen LogP contribution in [0.3, 0.4) is 0 Å². The minimum absolute atomic E-state index is 0. The van der Waals surface area contributed by atoms with Crippen LogP contribution in [0.15, 0.2) is 0 Å². The molecule has 5 unspecified atom stereocenters. The second-order valence-corrected chi connectivity index (χ2v) is 12.8. The molecule has 0 heterocycles. The van der Waals surface area contributed by atoms with E-state index in [0.717, 1.165) is 96.3 Å². The molecule has 0 aliphatic heterocycles. The normalized spacial score (nSPS) is 12.5. The summed E-state index contributed by atoms with van der Waals surface area (Å²) >= 11 is 0. The zero-order chi connectivity index (χ0) is 39.9. The zero-order valence-electron chi connectivity index (χ0n) is 34.4. The predicted molar refractivity (Wildman–Crippen MR) is 192 cm³/mol. The van der Waals surface area contributed by atoms with Crippen molar-refractivity contribution < 1.29 is 84.8 Å². The van der Waals surface area contributed by atoms with E-state index in [0.29, 0.717) is 32.1 Å². The Labute approximate surface area is 340 Å². The van der Waals surface area contributed by atoms with Gasteiger partial charge in [0.15, 0.2) is 0 Å². The number of unbranched alkanes of at least 4 members (excludes halogenated alkanes) is 5. The summed E-state index contributed by atoms with van der Waals surface area (Å²) in [5.41, 5.74) is 0. The van der Waals surface area contributed by atoms with Gasteiger partial charge in [-0.1, -0.05) is 133 Å². The van der Waals surface area contributed by atoms with Gasteiger partial charge in [0, 0.05) is 65.2 Å².